The Balaban J connectivity index is 2.97. The quantitative estimate of drug-likeness (QED) is 0.620. The highest BCUT2D eigenvalue weighted by Gasteiger charge is 2.13. The minimum atomic E-state index is 0.971. The van der Waals surface area contributed by atoms with Crippen molar-refractivity contribution < 1.29 is 0 Å². The Bertz CT molecular complexity index is 269. The molecule has 0 saturated heterocycles. The lowest BCUT2D eigenvalue weighted by Gasteiger charge is -2.19. The number of allylic oxidation sites excluding steroid dienone is 3. The van der Waals surface area contributed by atoms with Crippen LogP contribution in [0.5, 0.6) is 0 Å². The van der Waals surface area contributed by atoms with Crippen molar-refractivity contribution in [2.45, 2.75) is 46.5 Å². The van der Waals surface area contributed by atoms with Crippen molar-refractivity contribution >= 4 is 5.71 Å². The molecule has 0 N–H and O–H groups in total. The molecule has 0 saturated carbocycles. The molecule has 0 aromatic carbocycles. The molecule has 0 unspecified atom stereocenters. The molecule has 0 aliphatic carbocycles. The summed E-state index contributed by atoms with van der Waals surface area (Å²) in [7, 11) is 0. The SMILES string of the molecule is C=C1CC(C)=NC(CC)=C1CCC. The predicted octanol–water partition coefficient (Wildman–Crippen LogP) is 3.87. The van der Waals surface area contributed by atoms with Crippen LogP contribution >= 0.6 is 0 Å². The van der Waals surface area contributed by atoms with Gasteiger partial charge in [-0.1, -0.05) is 26.8 Å². The lowest BCUT2D eigenvalue weighted by Crippen LogP contribution is -2.06. The van der Waals surface area contributed by atoms with E-state index >= 15 is 0 Å². The maximum Gasteiger partial charge on any atom is 0.0434 e. The van der Waals surface area contributed by atoms with Crippen LogP contribution in [0.25, 0.3) is 0 Å². The van der Waals surface area contributed by atoms with Crippen LogP contribution in [0.4, 0.5) is 0 Å². The summed E-state index contributed by atoms with van der Waals surface area (Å²) in [6.45, 7) is 10.6. The van der Waals surface area contributed by atoms with Crippen molar-refractivity contribution in [3.63, 3.8) is 0 Å². The highest BCUT2D eigenvalue weighted by atomic mass is 14.8. The third kappa shape index (κ3) is 2.30. The molecule has 0 aromatic heterocycles. The van der Waals surface area contributed by atoms with Gasteiger partial charge in [-0.15, -0.1) is 0 Å². The number of aliphatic imine (C=N–C) groups is 1. The van der Waals surface area contributed by atoms with E-state index in [1.165, 1.54) is 29.0 Å². The van der Waals surface area contributed by atoms with Crippen molar-refractivity contribution in [1.82, 2.24) is 0 Å². The summed E-state index contributed by atoms with van der Waals surface area (Å²) in [5.41, 5.74) is 5.17. The molecule has 0 atom stereocenters. The van der Waals surface area contributed by atoms with Crippen LogP contribution < -0.4 is 0 Å². The average Bonchev–Trinajstić information content (AvgIpc) is 2.09. The van der Waals surface area contributed by atoms with Crippen LogP contribution in [-0.2, 0) is 0 Å². The normalized spacial score (nSPS) is 17.8. The van der Waals surface area contributed by atoms with Crippen LogP contribution in [0.3, 0.4) is 0 Å². The summed E-state index contributed by atoms with van der Waals surface area (Å²) in [6.07, 6.45) is 4.33. The lowest BCUT2D eigenvalue weighted by atomic mass is 9.93. The van der Waals surface area contributed by atoms with E-state index < -0.39 is 0 Å². The molecule has 0 aromatic rings. The Labute approximate surface area is 81.3 Å². The molecule has 72 valence electrons. The Morgan fingerprint density at radius 2 is 2.08 bits per heavy atom. The second-order valence-corrected chi connectivity index (χ2v) is 3.66. The minimum absolute atomic E-state index is 0.971. The van der Waals surface area contributed by atoms with Crippen molar-refractivity contribution in [3.05, 3.63) is 23.4 Å². The maximum atomic E-state index is 4.59. The first-order chi connectivity index (χ1) is 6.19. The number of hydrogen-bond donors (Lipinski definition) is 0. The molecule has 1 aliphatic rings. The second-order valence-electron chi connectivity index (χ2n) is 3.66. The molecule has 0 amide bonds. The van der Waals surface area contributed by atoms with Crippen LogP contribution in [0.2, 0.25) is 0 Å². The molecular formula is C12H19N. The first kappa shape index (κ1) is 10.2. The van der Waals surface area contributed by atoms with Crippen LogP contribution in [0, 0.1) is 0 Å². The summed E-state index contributed by atoms with van der Waals surface area (Å²) >= 11 is 0. The first-order valence-electron chi connectivity index (χ1n) is 5.13. The van der Waals surface area contributed by atoms with Crippen molar-refractivity contribution in [1.29, 1.82) is 0 Å². The molecule has 13 heavy (non-hydrogen) atoms. The summed E-state index contributed by atoms with van der Waals surface area (Å²) in [5, 5.41) is 0. The van der Waals surface area contributed by atoms with Gasteiger partial charge in [0.15, 0.2) is 0 Å². The van der Waals surface area contributed by atoms with Gasteiger partial charge in [-0.2, -0.15) is 0 Å². The Morgan fingerprint density at radius 3 is 2.62 bits per heavy atom. The molecule has 1 aliphatic heterocycles. The Hall–Kier alpha value is -0.850. The van der Waals surface area contributed by atoms with Gasteiger partial charge in [-0.3, -0.25) is 4.99 Å². The number of hydrogen-bond acceptors (Lipinski definition) is 1. The van der Waals surface area contributed by atoms with E-state index in [2.05, 4.69) is 32.3 Å². The zero-order chi connectivity index (χ0) is 9.84. The van der Waals surface area contributed by atoms with Crippen molar-refractivity contribution in [2.24, 2.45) is 4.99 Å². The van der Waals surface area contributed by atoms with Gasteiger partial charge in [0.05, 0.1) is 0 Å². The fourth-order valence-electron chi connectivity index (χ4n) is 1.82. The van der Waals surface area contributed by atoms with Crippen LogP contribution in [0.15, 0.2) is 28.4 Å². The highest BCUT2D eigenvalue weighted by Crippen LogP contribution is 2.28. The average molecular weight is 177 g/mol. The molecular weight excluding hydrogens is 158 g/mol. The van der Waals surface area contributed by atoms with Crippen LogP contribution in [0.1, 0.15) is 46.5 Å². The molecule has 1 nitrogen and oxygen atoms in total. The van der Waals surface area contributed by atoms with Gasteiger partial charge < -0.3 is 0 Å². The van der Waals surface area contributed by atoms with Gasteiger partial charge >= 0.3 is 0 Å². The van der Waals surface area contributed by atoms with Gasteiger partial charge in [-0.25, -0.2) is 0 Å². The van der Waals surface area contributed by atoms with Crippen LogP contribution in [-0.4, -0.2) is 5.71 Å². The maximum absolute atomic E-state index is 4.59. The van der Waals surface area contributed by atoms with E-state index in [9.17, 15) is 0 Å². The fraction of sp³-hybridized carbons (Fsp3) is 0.583. The minimum Gasteiger partial charge on any atom is -0.262 e. The largest absolute Gasteiger partial charge is 0.262 e. The molecule has 0 radical (unpaired) electrons. The van der Waals surface area contributed by atoms with E-state index in [4.69, 9.17) is 0 Å². The molecule has 1 heterocycles. The summed E-state index contributed by atoms with van der Waals surface area (Å²) in [5.74, 6) is 0. The van der Waals surface area contributed by atoms with Gasteiger partial charge in [0, 0.05) is 17.8 Å². The summed E-state index contributed by atoms with van der Waals surface area (Å²) < 4.78 is 0. The third-order valence-corrected chi connectivity index (χ3v) is 2.41. The molecule has 0 fully saturated rings. The van der Waals surface area contributed by atoms with E-state index in [-0.39, 0.29) is 0 Å². The lowest BCUT2D eigenvalue weighted by molar-refractivity contribution is 0.858. The fourth-order valence-corrected chi connectivity index (χ4v) is 1.82. The number of rotatable bonds is 3. The standard InChI is InChI=1S/C12H19N/c1-5-7-11-9(3)8-10(4)13-12(11)6-2/h3,5-8H2,1-2,4H3. The van der Waals surface area contributed by atoms with Crippen molar-refractivity contribution in [2.75, 3.05) is 0 Å². The second kappa shape index (κ2) is 4.40. The van der Waals surface area contributed by atoms with E-state index in [0.717, 1.165) is 19.3 Å². The zero-order valence-corrected chi connectivity index (χ0v) is 8.98. The van der Waals surface area contributed by atoms with Gasteiger partial charge in [0.25, 0.3) is 0 Å². The zero-order valence-electron chi connectivity index (χ0n) is 8.98. The predicted molar refractivity (Wildman–Crippen MR) is 59.1 cm³/mol. The first-order valence-corrected chi connectivity index (χ1v) is 5.13. The van der Waals surface area contributed by atoms with Gasteiger partial charge in [0.2, 0.25) is 0 Å². The van der Waals surface area contributed by atoms with E-state index in [1.54, 1.807) is 0 Å². The topological polar surface area (TPSA) is 12.4 Å². The molecule has 0 bridgehead atoms. The Kier molecular flexibility index (Phi) is 3.47. The third-order valence-electron chi connectivity index (χ3n) is 2.41. The van der Waals surface area contributed by atoms with Gasteiger partial charge in [-0.05, 0) is 30.9 Å². The van der Waals surface area contributed by atoms with E-state index in [1.807, 2.05) is 0 Å². The van der Waals surface area contributed by atoms with Crippen molar-refractivity contribution in [3.8, 4) is 0 Å². The Morgan fingerprint density at radius 1 is 1.38 bits per heavy atom. The molecule has 1 heteroatoms. The van der Waals surface area contributed by atoms with Gasteiger partial charge in [0.1, 0.15) is 0 Å². The smallest absolute Gasteiger partial charge is 0.0434 e. The molecule has 0 spiro atoms. The number of nitrogens with zero attached hydrogens (tertiary/aromatic N) is 1. The summed E-state index contributed by atoms with van der Waals surface area (Å²) in [4.78, 5) is 4.59. The van der Waals surface area contributed by atoms with E-state index in [0.29, 0.717) is 0 Å². The summed E-state index contributed by atoms with van der Waals surface area (Å²) in [6, 6.07) is 0. The highest BCUT2D eigenvalue weighted by molar-refractivity contribution is 5.87. The molecule has 1 rings (SSSR count). The monoisotopic (exact) mass is 177 g/mol.